The van der Waals surface area contributed by atoms with Crippen LogP contribution in [0, 0.1) is 11.8 Å². The Bertz CT molecular complexity index is 1330. The number of hydrogen-bond acceptors (Lipinski definition) is 9. The van der Waals surface area contributed by atoms with E-state index in [1.54, 1.807) is 30.8 Å². The molecule has 2 aliphatic heterocycles. The summed E-state index contributed by atoms with van der Waals surface area (Å²) in [5.74, 6) is -0.161. The number of piperidine rings is 1. The number of benzene rings is 1. The molecule has 2 heterocycles. The van der Waals surface area contributed by atoms with Crippen molar-refractivity contribution in [3.8, 4) is 0 Å². The second-order valence-electron chi connectivity index (χ2n) is 16.6. The van der Waals surface area contributed by atoms with Crippen LogP contribution in [0.4, 0.5) is 0 Å². The number of nitrogens with one attached hydrogen (secondary N) is 2. The number of carbonyl (C=O) groups excluding carboxylic acids is 4. The van der Waals surface area contributed by atoms with Gasteiger partial charge in [0.2, 0.25) is 17.7 Å². The molecule has 3 rings (SSSR count). The summed E-state index contributed by atoms with van der Waals surface area (Å²) in [5, 5.41) is 6.51. The summed E-state index contributed by atoms with van der Waals surface area (Å²) in [6.45, 7) is 15.4. The van der Waals surface area contributed by atoms with E-state index in [-0.39, 0.29) is 71.7 Å². The number of methoxy groups -OCH3 is 1. The van der Waals surface area contributed by atoms with Gasteiger partial charge in [0.1, 0.15) is 6.04 Å². The van der Waals surface area contributed by atoms with Crippen LogP contribution in [0.2, 0.25) is 0 Å². The zero-order valence-electron chi connectivity index (χ0n) is 35.2. The average molecular weight is 773 g/mol. The minimum absolute atomic E-state index is 0.0478. The van der Waals surface area contributed by atoms with Crippen LogP contribution in [0.1, 0.15) is 92.1 Å². The van der Waals surface area contributed by atoms with Crippen molar-refractivity contribution in [2.24, 2.45) is 11.8 Å². The lowest BCUT2D eigenvalue weighted by molar-refractivity contribution is -0.141. The van der Waals surface area contributed by atoms with E-state index in [4.69, 9.17) is 4.74 Å². The molecule has 306 valence electrons. The van der Waals surface area contributed by atoms with Crippen LogP contribution >= 0.6 is 11.8 Å². The highest BCUT2D eigenvalue weighted by atomic mass is 32.2. The summed E-state index contributed by atoms with van der Waals surface area (Å²) in [6, 6.07) is 9.51. The van der Waals surface area contributed by atoms with Crippen LogP contribution < -0.4 is 10.6 Å². The third kappa shape index (κ3) is 12.0. The van der Waals surface area contributed by atoms with Gasteiger partial charge in [0, 0.05) is 57.4 Å². The molecule has 0 radical (unpaired) electrons. The van der Waals surface area contributed by atoms with Crippen molar-refractivity contribution in [3.05, 3.63) is 35.9 Å². The van der Waals surface area contributed by atoms with Crippen molar-refractivity contribution >= 4 is 35.3 Å². The van der Waals surface area contributed by atoms with E-state index in [9.17, 15) is 19.2 Å². The summed E-state index contributed by atoms with van der Waals surface area (Å²) < 4.78 is 5.86. The highest BCUT2D eigenvalue weighted by Crippen LogP contribution is 2.37. The summed E-state index contributed by atoms with van der Waals surface area (Å²) >= 11 is 1.74. The molecule has 1 aromatic carbocycles. The summed E-state index contributed by atoms with van der Waals surface area (Å²) in [4.78, 5) is 63.7. The summed E-state index contributed by atoms with van der Waals surface area (Å²) in [5.41, 5.74) is 0.397. The maximum Gasteiger partial charge on any atom is 0.245 e. The molecular formula is C42H72N6O5S. The van der Waals surface area contributed by atoms with Crippen molar-refractivity contribution in [1.29, 1.82) is 0 Å². The second kappa shape index (κ2) is 21.7. The zero-order chi connectivity index (χ0) is 40.2. The number of likely N-dealkylation sites (tertiary alicyclic amines) is 1. The summed E-state index contributed by atoms with van der Waals surface area (Å²) in [7, 11) is 7.04. The molecule has 0 aliphatic carbocycles. The first kappa shape index (κ1) is 45.9. The molecule has 2 N–H and O–H groups in total. The Morgan fingerprint density at radius 1 is 1.00 bits per heavy atom. The first-order valence-corrected chi connectivity index (χ1v) is 21.5. The van der Waals surface area contributed by atoms with Gasteiger partial charge < -0.3 is 25.2 Å². The van der Waals surface area contributed by atoms with Gasteiger partial charge in [0.15, 0.2) is 5.78 Å². The molecule has 2 aliphatic rings. The monoisotopic (exact) mass is 773 g/mol. The Balaban J connectivity index is 1.73. The number of carbonyl (C=O) groups is 4. The van der Waals surface area contributed by atoms with Crippen molar-refractivity contribution in [2.75, 3.05) is 60.7 Å². The fraction of sp³-hybridized carbons (Fsp3) is 0.762. The fourth-order valence-corrected chi connectivity index (χ4v) is 9.41. The molecule has 3 amide bonds. The molecular weight excluding hydrogens is 701 g/mol. The average Bonchev–Trinajstić information content (AvgIpc) is 3.64. The molecule has 6 unspecified atom stereocenters. The number of rotatable bonds is 21. The third-order valence-electron chi connectivity index (χ3n) is 11.9. The smallest absolute Gasteiger partial charge is 0.245 e. The molecule has 0 spiro atoms. The number of hydrogen-bond donors (Lipinski definition) is 2. The number of ketones is 1. The normalized spacial score (nSPS) is 20.4. The molecule has 12 heteroatoms. The lowest BCUT2D eigenvalue weighted by Crippen LogP contribution is -2.58. The SMILES string of the molecule is CCC(C)(C(=O)CC(CN(C)C(=O)C(NC(=O)C(C(C)C)N(C)C)C(C)C)OC)N1CCCC1C(CC(=O)N(Cc1ccccc1)C1CCNCC1)SC. The maximum absolute atomic E-state index is 14.4. The zero-order valence-corrected chi connectivity index (χ0v) is 36.0. The fourth-order valence-electron chi connectivity index (χ4n) is 8.51. The van der Waals surface area contributed by atoms with Crippen LogP contribution in [0.25, 0.3) is 0 Å². The molecule has 2 saturated heterocycles. The Morgan fingerprint density at radius 3 is 2.19 bits per heavy atom. The number of Topliss-reactive ketones (excluding diaryl/α,β-unsaturated/α-hetero) is 1. The van der Waals surface area contributed by atoms with Gasteiger partial charge in [-0.25, -0.2) is 0 Å². The van der Waals surface area contributed by atoms with Crippen LogP contribution in [-0.4, -0.2) is 145 Å². The van der Waals surface area contributed by atoms with Gasteiger partial charge in [-0.15, -0.1) is 0 Å². The van der Waals surface area contributed by atoms with Gasteiger partial charge >= 0.3 is 0 Å². The molecule has 1 aromatic rings. The van der Waals surface area contributed by atoms with E-state index >= 15 is 0 Å². The van der Waals surface area contributed by atoms with Crippen LogP contribution in [-0.2, 0) is 30.5 Å². The third-order valence-corrected chi connectivity index (χ3v) is 13.0. The van der Waals surface area contributed by atoms with E-state index < -0.39 is 17.7 Å². The van der Waals surface area contributed by atoms with E-state index in [2.05, 4.69) is 45.7 Å². The number of likely N-dealkylation sites (N-methyl/N-ethyl adjacent to an activating group) is 2. The first-order chi connectivity index (χ1) is 25.6. The molecule has 11 nitrogen and oxygen atoms in total. The Hall–Kier alpha value is -2.51. The van der Waals surface area contributed by atoms with E-state index in [0.717, 1.165) is 50.9 Å². The minimum atomic E-state index is -0.747. The highest BCUT2D eigenvalue weighted by Gasteiger charge is 2.46. The Kier molecular flexibility index (Phi) is 18.4. The highest BCUT2D eigenvalue weighted by molar-refractivity contribution is 7.99. The predicted molar refractivity (Wildman–Crippen MR) is 220 cm³/mol. The Morgan fingerprint density at radius 2 is 1.65 bits per heavy atom. The van der Waals surface area contributed by atoms with Gasteiger partial charge in [-0.3, -0.25) is 29.0 Å². The molecule has 6 atom stereocenters. The van der Waals surface area contributed by atoms with Gasteiger partial charge in [-0.2, -0.15) is 11.8 Å². The number of ether oxygens (including phenoxy) is 1. The molecule has 2 fully saturated rings. The maximum atomic E-state index is 14.4. The van der Waals surface area contributed by atoms with Crippen LogP contribution in [0.15, 0.2) is 30.3 Å². The topological polar surface area (TPSA) is 115 Å². The first-order valence-electron chi connectivity index (χ1n) is 20.2. The second-order valence-corrected chi connectivity index (χ2v) is 17.7. The number of amides is 3. The van der Waals surface area contributed by atoms with E-state index in [1.165, 1.54) is 0 Å². The van der Waals surface area contributed by atoms with Crippen molar-refractivity contribution in [1.82, 2.24) is 30.2 Å². The van der Waals surface area contributed by atoms with Gasteiger partial charge in [-0.1, -0.05) is 65.0 Å². The number of thioether (sulfide) groups is 1. The molecule has 0 aromatic heterocycles. The van der Waals surface area contributed by atoms with Gasteiger partial charge in [-0.05, 0) is 96.4 Å². The lowest BCUT2D eigenvalue weighted by atomic mass is 9.86. The van der Waals surface area contributed by atoms with E-state index in [1.807, 2.05) is 71.8 Å². The van der Waals surface area contributed by atoms with Crippen molar-refractivity contribution in [2.45, 2.75) is 134 Å². The lowest BCUT2D eigenvalue weighted by Gasteiger charge is -2.44. The predicted octanol–water partition coefficient (Wildman–Crippen LogP) is 4.68. The quantitative estimate of drug-likeness (QED) is 0.184. The molecule has 54 heavy (non-hydrogen) atoms. The minimum Gasteiger partial charge on any atom is -0.379 e. The van der Waals surface area contributed by atoms with Crippen molar-refractivity contribution in [3.63, 3.8) is 0 Å². The van der Waals surface area contributed by atoms with Crippen molar-refractivity contribution < 1.29 is 23.9 Å². The van der Waals surface area contributed by atoms with Crippen LogP contribution in [0.3, 0.4) is 0 Å². The van der Waals surface area contributed by atoms with Gasteiger partial charge in [0.25, 0.3) is 0 Å². The standard InChI is InChI=1S/C42H72N6O5S/c1-12-42(6,36(49)25-33(53-10)28-46(9)41(52)38(29(2)3)44-40(51)39(30(4)5)45(7)8)48-24-16-19-34(48)35(54-11)26-37(50)47(32-20-22-43-23-21-32)27-31-17-14-13-15-18-31/h13-15,17-18,29-30,32-35,38-39,43H,12,16,19-28H2,1-11H3,(H,44,51). The number of nitrogens with zero attached hydrogens (tertiary/aromatic N) is 4. The largest absolute Gasteiger partial charge is 0.379 e. The molecule has 0 bridgehead atoms. The molecule has 0 saturated carbocycles. The van der Waals surface area contributed by atoms with E-state index in [0.29, 0.717) is 19.4 Å². The summed E-state index contributed by atoms with van der Waals surface area (Å²) in [6.07, 6.45) is 6.60. The van der Waals surface area contributed by atoms with Crippen LogP contribution in [0.5, 0.6) is 0 Å². The Labute approximate surface area is 331 Å². The van der Waals surface area contributed by atoms with Gasteiger partial charge in [0.05, 0.1) is 17.7 Å².